The predicted octanol–water partition coefficient (Wildman–Crippen LogP) is 12.4. The molecule has 0 spiro atoms. The SMILES string of the molecule is c1ccc(-n2c3ccccc3c3cccc(-c4ccc(-c5cccc6c5sc5c7ccccc7n(-c7ccccc7)c65)cc4)c32)cc1. The third-order valence-electron chi connectivity index (χ3n) is 9.53. The summed E-state index contributed by atoms with van der Waals surface area (Å²) in [5, 5.41) is 5.14. The first-order valence-corrected chi connectivity index (χ1v) is 16.9. The Labute approximate surface area is 276 Å². The molecular weight excluding hydrogens is 589 g/mol. The Hall–Kier alpha value is -5.90. The van der Waals surface area contributed by atoms with Crippen LogP contribution in [0.4, 0.5) is 0 Å². The zero-order valence-corrected chi connectivity index (χ0v) is 26.3. The fourth-order valence-corrected chi connectivity index (χ4v) is 8.85. The number of hydrogen-bond acceptors (Lipinski definition) is 1. The maximum Gasteiger partial charge on any atom is 0.0727 e. The van der Waals surface area contributed by atoms with Crippen LogP contribution in [0.15, 0.2) is 170 Å². The fourth-order valence-electron chi connectivity index (χ4n) is 7.49. The van der Waals surface area contributed by atoms with E-state index in [2.05, 4.69) is 179 Å². The van der Waals surface area contributed by atoms with Gasteiger partial charge in [0.25, 0.3) is 0 Å². The Bertz CT molecular complexity index is 2760. The van der Waals surface area contributed by atoms with Crippen molar-refractivity contribution in [2.24, 2.45) is 0 Å². The number of hydrogen-bond donors (Lipinski definition) is 0. The Morgan fingerprint density at radius 2 is 0.809 bits per heavy atom. The molecular formula is C44H28N2S. The summed E-state index contributed by atoms with van der Waals surface area (Å²) in [6.07, 6.45) is 0. The van der Waals surface area contributed by atoms with E-state index in [1.54, 1.807) is 0 Å². The van der Waals surface area contributed by atoms with Crippen LogP contribution in [0.3, 0.4) is 0 Å². The summed E-state index contributed by atoms with van der Waals surface area (Å²) in [4.78, 5) is 0. The highest BCUT2D eigenvalue weighted by Crippen LogP contribution is 2.46. The van der Waals surface area contributed by atoms with Crippen LogP contribution < -0.4 is 0 Å². The minimum Gasteiger partial charge on any atom is -0.309 e. The maximum absolute atomic E-state index is 2.43. The largest absolute Gasteiger partial charge is 0.309 e. The number of benzene rings is 7. The summed E-state index contributed by atoms with van der Waals surface area (Å²) < 4.78 is 7.51. The molecule has 0 N–H and O–H groups in total. The van der Waals surface area contributed by atoms with Crippen molar-refractivity contribution in [2.45, 2.75) is 0 Å². The lowest BCUT2D eigenvalue weighted by atomic mass is 9.98. The first kappa shape index (κ1) is 26.3. The summed E-state index contributed by atoms with van der Waals surface area (Å²) in [6, 6.07) is 61.6. The Morgan fingerprint density at radius 3 is 1.49 bits per heavy atom. The van der Waals surface area contributed by atoms with Gasteiger partial charge in [-0.1, -0.05) is 133 Å². The molecule has 0 fully saturated rings. The summed E-state index contributed by atoms with van der Waals surface area (Å²) in [5.74, 6) is 0. The van der Waals surface area contributed by atoms with Gasteiger partial charge >= 0.3 is 0 Å². The minimum absolute atomic E-state index is 1.17. The molecule has 0 aliphatic rings. The van der Waals surface area contributed by atoms with Gasteiger partial charge in [0.15, 0.2) is 0 Å². The zero-order chi connectivity index (χ0) is 30.9. The standard InChI is InChI=1S/C44H28N2S/c1-3-13-31(14-4-1)45-39-23-9-7-17-35(39)36-21-11-19-33(41(36)45)29-25-27-30(28-26-29)34-20-12-22-38-42-44(47-43(34)38)37-18-8-10-24-40(37)46(42)32-15-5-2-6-16-32/h1-28H. The third kappa shape index (κ3) is 3.90. The second-order valence-electron chi connectivity index (χ2n) is 12.1. The van der Waals surface area contributed by atoms with E-state index in [0.717, 1.165) is 0 Å². The molecule has 0 amide bonds. The second kappa shape index (κ2) is 10.3. The number of nitrogens with zero attached hydrogens (tertiary/aromatic N) is 2. The molecule has 220 valence electrons. The lowest BCUT2D eigenvalue weighted by molar-refractivity contribution is 1.18. The zero-order valence-electron chi connectivity index (χ0n) is 25.5. The van der Waals surface area contributed by atoms with E-state index in [-0.39, 0.29) is 0 Å². The van der Waals surface area contributed by atoms with Gasteiger partial charge < -0.3 is 9.13 Å². The lowest BCUT2D eigenvalue weighted by Crippen LogP contribution is -1.95. The lowest BCUT2D eigenvalue weighted by Gasteiger charge is -2.12. The third-order valence-corrected chi connectivity index (χ3v) is 10.8. The average Bonchev–Trinajstić information content (AvgIpc) is 3.80. The van der Waals surface area contributed by atoms with E-state index in [9.17, 15) is 0 Å². The molecule has 10 rings (SSSR count). The Kier molecular flexibility index (Phi) is 5.78. The van der Waals surface area contributed by atoms with Gasteiger partial charge in [0.1, 0.15) is 0 Å². The summed E-state index contributed by atoms with van der Waals surface area (Å²) >= 11 is 1.91. The van der Waals surface area contributed by atoms with Gasteiger partial charge in [-0.2, -0.15) is 0 Å². The highest BCUT2D eigenvalue weighted by Gasteiger charge is 2.20. The van der Waals surface area contributed by atoms with E-state index in [1.807, 2.05) is 11.3 Å². The molecule has 3 heteroatoms. The number of fused-ring (bicyclic) bond motifs is 8. The van der Waals surface area contributed by atoms with E-state index in [4.69, 9.17) is 0 Å². The minimum atomic E-state index is 1.17. The van der Waals surface area contributed by atoms with Crippen LogP contribution in [0.1, 0.15) is 0 Å². The second-order valence-corrected chi connectivity index (χ2v) is 13.1. The van der Waals surface area contributed by atoms with Gasteiger partial charge in [-0.25, -0.2) is 0 Å². The number of aromatic nitrogens is 2. The van der Waals surface area contributed by atoms with Crippen LogP contribution in [0.2, 0.25) is 0 Å². The van der Waals surface area contributed by atoms with Crippen molar-refractivity contribution in [1.82, 2.24) is 9.13 Å². The maximum atomic E-state index is 2.43. The van der Waals surface area contributed by atoms with Gasteiger partial charge in [0.05, 0.1) is 26.8 Å². The molecule has 0 atom stereocenters. The predicted molar refractivity (Wildman–Crippen MR) is 201 cm³/mol. The van der Waals surface area contributed by atoms with Gasteiger partial charge in [-0.05, 0) is 53.1 Å². The molecule has 0 bridgehead atoms. The Morgan fingerprint density at radius 1 is 0.319 bits per heavy atom. The topological polar surface area (TPSA) is 9.86 Å². The van der Waals surface area contributed by atoms with Crippen LogP contribution in [0.5, 0.6) is 0 Å². The van der Waals surface area contributed by atoms with Crippen molar-refractivity contribution in [3.8, 4) is 33.6 Å². The van der Waals surface area contributed by atoms with Crippen molar-refractivity contribution < 1.29 is 0 Å². The molecule has 0 aliphatic heterocycles. The summed E-state index contributed by atoms with van der Waals surface area (Å²) in [7, 11) is 0. The number of rotatable bonds is 4. The molecule has 0 radical (unpaired) electrons. The molecule has 0 saturated carbocycles. The van der Waals surface area contributed by atoms with Crippen molar-refractivity contribution in [2.75, 3.05) is 0 Å². The highest BCUT2D eigenvalue weighted by molar-refractivity contribution is 7.27. The molecule has 3 heterocycles. The highest BCUT2D eigenvalue weighted by atomic mass is 32.1. The number of thiophene rings is 1. The quantitative estimate of drug-likeness (QED) is 0.186. The van der Waals surface area contributed by atoms with Gasteiger partial charge in [0, 0.05) is 43.2 Å². The number of para-hydroxylation sites is 5. The monoisotopic (exact) mass is 616 g/mol. The fraction of sp³-hybridized carbons (Fsp3) is 0. The first-order valence-electron chi connectivity index (χ1n) is 16.0. The smallest absolute Gasteiger partial charge is 0.0727 e. The van der Waals surface area contributed by atoms with Crippen LogP contribution in [0, 0.1) is 0 Å². The van der Waals surface area contributed by atoms with Crippen LogP contribution >= 0.6 is 11.3 Å². The average molecular weight is 617 g/mol. The molecule has 47 heavy (non-hydrogen) atoms. The van der Waals surface area contributed by atoms with Crippen LogP contribution in [0.25, 0.3) is 86.6 Å². The van der Waals surface area contributed by atoms with E-state index < -0.39 is 0 Å². The van der Waals surface area contributed by atoms with Crippen molar-refractivity contribution >= 4 is 64.3 Å². The van der Waals surface area contributed by atoms with E-state index in [1.165, 1.54) is 86.6 Å². The molecule has 2 nitrogen and oxygen atoms in total. The molecule has 0 aliphatic carbocycles. The normalized spacial score (nSPS) is 11.8. The van der Waals surface area contributed by atoms with E-state index in [0.29, 0.717) is 0 Å². The Balaban J connectivity index is 1.16. The van der Waals surface area contributed by atoms with Crippen LogP contribution in [-0.2, 0) is 0 Å². The van der Waals surface area contributed by atoms with Crippen molar-refractivity contribution in [1.29, 1.82) is 0 Å². The van der Waals surface area contributed by atoms with Crippen molar-refractivity contribution in [3.63, 3.8) is 0 Å². The first-order chi connectivity index (χ1) is 23.3. The molecule has 7 aromatic carbocycles. The van der Waals surface area contributed by atoms with E-state index >= 15 is 0 Å². The van der Waals surface area contributed by atoms with Gasteiger partial charge in [-0.15, -0.1) is 11.3 Å². The molecule has 10 aromatic rings. The molecule has 3 aromatic heterocycles. The van der Waals surface area contributed by atoms with Crippen LogP contribution in [-0.4, -0.2) is 9.13 Å². The summed E-state index contributed by atoms with van der Waals surface area (Å²) in [6.45, 7) is 0. The summed E-state index contributed by atoms with van der Waals surface area (Å²) in [5.41, 5.74) is 12.3. The molecule has 0 saturated heterocycles. The van der Waals surface area contributed by atoms with Crippen molar-refractivity contribution in [3.05, 3.63) is 170 Å². The van der Waals surface area contributed by atoms with Gasteiger partial charge in [0.2, 0.25) is 0 Å². The van der Waals surface area contributed by atoms with Gasteiger partial charge in [-0.3, -0.25) is 0 Å². The molecule has 0 unspecified atom stereocenters.